The van der Waals surface area contributed by atoms with Crippen LogP contribution in [-0.2, 0) is 4.79 Å². The van der Waals surface area contributed by atoms with Crippen molar-refractivity contribution in [1.82, 2.24) is 10.2 Å². The monoisotopic (exact) mass is 497 g/mol. The number of hydrogen-bond acceptors (Lipinski definition) is 5. The summed E-state index contributed by atoms with van der Waals surface area (Å²) in [7, 11) is 0. The van der Waals surface area contributed by atoms with Gasteiger partial charge in [0.15, 0.2) is 6.61 Å². The summed E-state index contributed by atoms with van der Waals surface area (Å²) in [6.45, 7) is 4.03. The van der Waals surface area contributed by atoms with E-state index in [1.54, 1.807) is 11.0 Å². The number of hydrogen-bond donors (Lipinski definition) is 2. The number of fused-ring (bicyclic) bond motifs is 1. The zero-order valence-electron chi connectivity index (χ0n) is 19.2. The standard InChI is InChI=1S/C26H25ClFN3O4/c1-2-21-17(4-3-7-29-21)18-8-16(27)5-6-23(18)34-13-15-11-31(12-15)26(33)19-9-22-24(10-20(19)28)35-14-25(32)30-22/h3-6,8-10,15,29H,2,7,11-14H2,1H3,(H,30,32). The molecule has 2 aromatic carbocycles. The van der Waals surface area contributed by atoms with Crippen molar-refractivity contribution in [2.24, 2.45) is 5.92 Å². The Balaban J connectivity index is 1.24. The smallest absolute Gasteiger partial charge is 0.262 e. The number of amides is 2. The lowest BCUT2D eigenvalue weighted by molar-refractivity contribution is -0.118. The summed E-state index contributed by atoms with van der Waals surface area (Å²) in [5, 5.41) is 6.63. The van der Waals surface area contributed by atoms with E-state index < -0.39 is 11.7 Å². The van der Waals surface area contributed by atoms with E-state index in [0.29, 0.717) is 30.4 Å². The number of anilines is 1. The van der Waals surface area contributed by atoms with Gasteiger partial charge in [-0.2, -0.15) is 0 Å². The molecule has 1 fully saturated rings. The van der Waals surface area contributed by atoms with Crippen molar-refractivity contribution >= 4 is 34.7 Å². The summed E-state index contributed by atoms with van der Waals surface area (Å²) in [6.07, 6.45) is 5.00. The fraction of sp³-hybridized carbons (Fsp3) is 0.308. The van der Waals surface area contributed by atoms with Crippen molar-refractivity contribution in [3.05, 3.63) is 70.1 Å². The maximum atomic E-state index is 14.5. The highest BCUT2D eigenvalue weighted by atomic mass is 35.5. The van der Waals surface area contributed by atoms with E-state index in [0.717, 1.165) is 41.6 Å². The maximum absolute atomic E-state index is 14.5. The number of allylic oxidation sites excluding steroid dienone is 3. The molecule has 3 heterocycles. The molecule has 9 heteroatoms. The van der Waals surface area contributed by atoms with Crippen molar-refractivity contribution < 1.29 is 23.5 Å². The molecule has 0 atom stereocenters. The fourth-order valence-electron chi connectivity index (χ4n) is 4.45. The minimum absolute atomic E-state index is 0.0930. The van der Waals surface area contributed by atoms with Gasteiger partial charge in [0.1, 0.15) is 17.3 Å². The van der Waals surface area contributed by atoms with Crippen LogP contribution in [0.15, 0.2) is 48.2 Å². The third-order valence-corrected chi connectivity index (χ3v) is 6.51. The Morgan fingerprint density at radius 1 is 1.29 bits per heavy atom. The molecule has 0 saturated carbocycles. The van der Waals surface area contributed by atoms with Gasteiger partial charge in [0.2, 0.25) is 0 Å². The third-order valence-electron chi connectivity index (χ3n) is 6.28. The van der Waals surface area contributed by atoms with E-state index >= 15 is 0 Å². The first-order valence-corrected chi connectivity index (χ1v) is 11.9. The molecule has 0 aromatic heterocycles. The number of carbonyl (C=O) groups is 2. The number of benzene rings is 2. The van der Waals surface area contributed by atoms with Crippen molar-refractivity contribution in [1.29, 1.82) is 0 Å². The van der Waals surface area contributed by atoms with Gasteiger partial charge in [-0.25, -0.2) is 4.39 Å². The lowest BCUT2D eigenvalue weighted by Gasteiger charge is -2.39. The first-order chi connectivity index (χ1) is 16.9. The minimum atomic E-state index is -0.676. The molecular formula is C26H25ClFN3O4. The molecule has 0 radical (unpaired) electrons. The summed E-state index contributed by atoms with van der Waals surface area (Å²) >= 11 is 6.28. The van der Waals surface area contributed by atoms with Crippen LogP contribution in [0.1, 0.15) is 29.3 Å². The number of nitrogens with one attached hydrogen (secondary N) is 2. The Hall–Kier alpha value is -3.52. The average molecular weight is 498 g/mol. The molecule has 0 bridgehead atoms. The molecule has 0 spiro atoms. The predicted octanol–water partition coefficient (Wildman–Crippen LogP) is 4.24. The highest BCUT2D eigenvalue weighted by Gasteiger charge is 2.34. The Labute approximate surface area is 207 Å². The number of dihydropyridines is 1. The van der Waals surface area contributed by atoms with Crippen molar-refractivity contribution in [3.8, 4) is 11.5 Å². The Bertz CT molecular complexity index is 1250. The van der Waals surface area contributed by atoms with Crippen LogP contribution in [-0.4, -0.2) is 49.6 Å². The topological polar surface area (TPSA) is 79.9 Å². The second-order valence-corrected chi connectivity index (χ2v) is 9.16. The van der Waals surface area contributed by atoms with Crippen LogP contribution in [0.4, 0.5) is 10.1 Å². The Morgan fingerprint density at radius 3 is 2.91 bits per heavy atom. The number of carbonyl (C=O) groups excluding carboxylic acids is 2. The number of rotatable bonds is 6. The van der Waals surface area contributed by atoms with Crippen molar-refractivity contribution in [2.75, 3.05) is 38.2 Å². The highest BCUT2D eigenvalue weighted by molar-refractivity contribution is 6.30. The van der Waals surface area contributed by atoms with Crippen LogP contribution in [0.2, 0.25) is 5.02 Å². The summed E-state index contributed by atoms with van der Waals surface area (Å²) in [5.74, 6) is -0.381. The van der Waals surface area contributed by atoms with Crippen LogP contribution in [0, 0.1) is 11.7 Å². The van der Waals surface area contributed by atoms with Crippen LogP contribution < -0.4 is 20.1 Å². The minimum Gasteiger partial charge on any atom is -0.493 e. The second-order valence-electron chi connectivity index (χ2n) is 8.72. The van der Waals surface area contributed by atoms with Crippen LogP contribution in [0.5, 0.6) is 11.5 Å². The molecular weight excluding hydrogens is 473 g/mol. The summed E-state index contributed by atoms with van der Waals surface area (Å²) in [6, 6.07) is 8.03. The number of halogens is 2. The fourth-order valence-corrected chi connectivity index (χ4v) is 4.62. The van der Waals surface area contributed by atoms with Crippen LogP contribution in [0.25, 0.3) is 5.57 Å². The van der Waals surface area contributed by atoms with Gasteiger partial charge < -0.3 is 25.0 Å². The molecule has 3 aliphatic rings. The molecule has 7 nitrogen and oxygen atoms in total. The number of ether oxygens (including phenoxy) is 2. The largest absolute Gasteiger partial charge is 0.493 e. The number of nitrogens with zero attached hydrogens (tertiary/aromatic N) is 1. The van der Waals surface area contributed by atoms with Gasteiger partial charge in [-0.05, 0) is 30.7 Å². The molecule has 182 valence electrons. The lowest BCUT2D eigenvalue weighted by atomic mass is 9.98. The van der Waals surface area contributed by atoms with Gasteiger partial charge >= 0.3 is 0 Å². The van der Waals surface area contributed by atoms with Crippen molar-refractivity contribution in [3.63, 3.8) is 0 Å². The summed E-state index contributed by atoms with van der Waals surface area (Å²) in [5.41, 5.74) is 3.32. The van der Waals surface area contributed by atoms with Gasteiger partial charge in [-0.15, -0.1) is 0 Å². The molecule has 0 unspecified atom stereocenters. The zero-order chi connectivity index (χ0) is 24.5. The molecule has 35 heavy (non-hydrogen) atoms. The average Bonchev–Trinajstić information content (AvgIpc) is 2.83. The molecule has 2 aromatic rings. The van der Waals surface area contributed by atoms with Gasteiger partial charge in [0.05, 0.1) is 17.9 Å². The number of likely N-dealkylation sites (tertiary alicyclic amines) is 1. The van der Waals surface area contributed by atoms with E-state index in [1.165, 1.54) is 6.07 Å². The zero-order valence-corrected chi connectivity index (χ0v) is 20.0. The van der Waals surface area contributed by atoms with Crippen LogP contribution in [0.3, 0.4) is 0 Å². The van der Waals surface area contributed by atoms with Gasteiger partial charge in [-0.1, -0.05) is 30.7 Å². The predicted molar refractivity (Wildman–Crippen MR) is 131 cm³/mol. The molecule has 0 aliphatic carbocycles. The van der Waals surface area contributed by atoms with Crippen molar-refractivity contribution in [2.45, 2.75) is 13.3 Å². The quantitative estimate of drug-likeness (QED) is 0.624. The molecule has 3 aliphatic heterocycles. The lowest BCUT2D eigenvalue weighted by Crippen LogP contribution is -2.52. The second kappa shape index (κ2) is 9.62. The summed E-state index contributed by atoms with van der Waals surface area (Å²) < 4.78 is 25.9. The molecule has 2 N–H and O–H groups in total. The highest BCUT2D eigenvalue weighted by Crippen LogP contribution is 2.35. The SMILES string of the molecule is CCC1=C(c2cc(Cl)ccc2OCC2CN(C(=O)c3cc4c(cc3F)OCC(=O)N4)C2)C=CCN1. The first-order valence-electron chi connectivity index (χ1n) is 11.5. The van der Waals surface area contributed by atoms with Crippen LogP contribution >= 0.6 is 11.6 Å². The summed E-state index contributed by atoms with van der Waals surface area (Å²) in [4.78, 5) is 26.0. The third kappa shape index (κ3) is 4.71. The van der Waals surface area contributed by atoms with Gasteiger partial charge in [-0.3, -0.25) is 9.59 Å². The Morgan fingerprint density at radius 2 is 2.11 bits per heavy atom. The molecule has 2 amide bonds. The molecule has 5 rings (SSSR count). The first kappa shape index (κ1) is 23.2. The molecule has 1 saturated heterocycles. The maximum Gasteiger partial charge on any atom is 0.262 e. The van der Waals surface area contributed by atoms with Gasteiger partial charge in [0, 0.05) is 53.5 Å². The van der Waals surface area contributed by atoms with E-state index in [-0.39, 0.29) is 29.7 Å². The van der Waals surface area contributed by atoms with E-state index in [1.807, 2.05) is 12.1 Å². The normalized spacial score (nSPS) is 17.2. The Kier molecular flexibility index (Phi) is 6.38. The van der Waals surface area contributed by atoms with E-state index in [2.05, 4.69) is 29.7 Å². The van der Waals surface area contributed by atoms with E-state index in [4.69, 9.17) is 21.1 Å². The van der Waals surface area contributed by atoms with E-state index in [9.17, 15) is 14.0 Å². The van der Waals surface area contributed by atoms with Gasteiger partial charge in [0.25, 0.3) is 11.8 Å².